The zero-order valence-corrected chi connectivity index (χ0v) is 22.3. The van der Waals surface area contributed by atoms with Gasteiger partial charge in [0.25, 0.3) is 5.91 Å². The maximum Gasteiger partial charge on any atom is 0.271 e. The molecule has 6 nitrogen and oxygen atoms in total. The van der Waals surface area contributed by atoms with Crippen molar-refractivity contribution in [2.45, 2.75) is 25.8 Å². The number of rotatable bonds is 9. The summed E-state index contributed by atoms with van der Waals surface area (Å²) in [5.74, 6) is 1.69. The summed E-state index contributed by atoms with van der Waals surface area (Å²) in [6.45, 7) is 3.13. The molecule has 4 rings (SSSR count). The van der Waals surface area contributed by atoms with Gasteiger partial charge in [-0.3, -0.25) is 9.69 Å². The quantitative estimate of drug-likeness (QED) is 0.275. The Morgan fingerprint density at radius 1 is 1.03 bits per heavy atom. The van der Waals surface area contributed by atoms with Crippen LogP contribution >= 0.6 is 15.9 Å². The molecule has 1 fully saturated rings. The van der Waals surface area contributed by atoms with E-state index in [4.69, 9.17) is 9.47 Å². The van der Waals surface area contributed by atoms with Crippen molar-refractivity contribution in [2.75, 3.05) is 27.3 Å². The van der Waals surface area contributed by atoms with E-state index in [2.05, 4.69) is 61.7 Å². The number of hydrogen-bond donors (Lipinski definition) is 1. The Balaban J connectivity index is 1.25. The number of likely N-dealkylation sites (tertiary alicyclic amines) is 1. The number of piperidine rings is 1. The molecule has 0 unspecified atom stereocenters. The van der Waals surface area contributed by atoms with Crippen molar-refractivity contribution in [1.82, 2.24) is 10.3 Å². The smallest absolute Gasteiger partial charge is 0.271 e. The standard InChI is InChI=1S/C29H32BrN3O3/c1-35-27-18-24(17-26(30)28(27)36-2)19-31-32-29(34)25-10-8-23(9-11-25)20-33-14-12-22(13-15-33)16-21-6-4-3-5-7-21/h3-11,17-19,22H,12-16,20H2,1-2H3,(H,32,34)/b31-19-. The number of amides is 1. The zero-order valence-electron chi connectivity index (χ0n) is 20.7. The first kappa shape index (κ1) is 25.9. The maximum absolute atomic E-state index is 12.5. The number of methoxy groups -OCH3 is 2. The van der Waals surface area contributed by atoms with E-state index in [0.717, 1.165) is 35.6 Å². The van der Waals surface area contributed by atoms with Crippen molar-refractivity contribution in [1.29, 1.82) is 0 Å². The fourth-order valence-corrected chi connectivity index (χ4v) is 5.18. The largest absolute Gasteiger partial charge is 0.493 e. The number of hydrazone groups is 1. The summed E-state index contributed by atoms with van der Waals surface area (Å²) in [5, 5.41) is 4.09. The summed E-state index contributed by atoms with van der Waals surface area (Å²) in [4.78, 5) is 15.0. The van der Waals surface area contributed by atoms with Gasteiger partial charge in [-0.2, -0.15) is 5.10 Å². The van der Waals surface area contributed by atoms with Crippen LogP contribution in [-0.2, 0) is 13.0 Å². The predicted octanol–water partition coefficient (Wildman–Crippen LogP) is 5.68. The SMILES string of the molecule is COc1cc(/C=N\NC(=O)c2ccc(CN3CCC(Cc4ccccc4)CC3)cc2)cc(Br)c1OC. The van der Waals surface area contributed by atoms with Crippen LogP contribution in [0.3, 0.4) is 0 Å². The predicted molar refractivity (Wildman–Crippen MR) is 147 cm³/mol. The Morgan fingerprint density at radius 3 is 2.42 bits per heavy atom. The van der Waals surface area contributed by atoms with Crippen molar-refractivity contribution < 1.29 is 14.3 Å². The molecular formula is C29H32BrN3O3. The molecule has 1 saturated heterocycles. The Bertz CT molecular complexity index is 1170. The number of carbonyl (C=O) groups excluding carboxylic acids is 1. The summed E-state index contributed by atoms with van der Waals surface area (Å²) < 4.78 is 11.4. The number of ether oxygens (including phenoxy) is 2. The molecule has 3 aromatic carbocycles. The molecule has 188 valence electrons. The van der Waals surface area contributed by atoms with Crippen LogP contribution in [0.4, 0.5) is 0 Å². The highest BCUT2D eigenvalue weighted by Crippen LogP contribution is 2.35. The van der Waals surface area contributed by atoms with E-state index in [-0.39, 0.29) is 5.91 Å². The Hall–Kier alpha value is -3.16. The van der Waals surface area contributed by atoms with Gasteiger partial charge in [0.05, 0.1) is 24.9 Å². The Labute approximate surface area is 221 Å². The number of nitrogens with zero attached hydrogens (tertiary/aromatic N) is 2. The van der Waals surface area contributed by atoms with Crippen molar-refractivity contribution in [3.8, 4) is 11.5 Å². The summed E-state index contributed by atoms with van der Waals surface area (Å²) in [6, 6.07) is 22.2. The van der Waals surface area contributed by atoms with Gasteiger partial charge in [0.1, 0.15) is 0 Å². The van der Waals surface area contributed by atoms with E-state index < -0.39 is 0 Å². The molecule has 1 aliphatic heterocycles. The molecule has 0 atom stereocenters. The van der Waals surface area contributed by atoms with Gasteiger partial charge in [0.2, 0.25) is 0 Å². The van der Waals surface area contributed by atoms with E-state index in [1.165, 1.54) is 30.4 Å². The monoisotopic (exact) mass is 549 g/mol. The molecular weight excluding hydrogens is 518 g/mol. The van der Waals surface area contributed by atoms with E-state index in [1.54, 1.807) is 26.5 Å². The third-order valence-corrected chi connectivity index (χ3v) is 7.12. The maximum atomic E-state index is 12.5. The molecule has 7 heteroatoms. The highest BCUT2D eigenvalue weighted by molar-refractivity contribution is 9.10. The van der Waals surface area contributed by atoms with Gasteiger partial charge in [0, 0.05) is 12.1 Å². The lowest BCUT2D eigenvalue weighted by Gasteiger charge is -2.32. The number of nitrogens with one attached hydrogen (secondary N) is 1. The highest BCUT2D eigenvalue weighted by atomic mass is 79.9. The second kappa shape index (κ2) is 12.7. The van der Waals surface area contributed by atoms with Crippen LogP contribution in [0.25, 0.3) is 0 Å². The van der Waals surface area contributed by atoms with Crippen molar-refractivity contribution in [2.24, 2.45) is 11.0 Å². The lowest BCUT2D eigenvalue weighted by atomic mass is 9.90. The van der Waals surface area contributed by atoms with Gasteiger partial charge in [-0.1, -0.05) is 42.5 Å². The van der Waals surface area contributed by atoms with Crippen LogP contribution in [-0.4, -0.2) is 44.3 Å². The molecule has 3 aromatic rings. The summed E-state index contributed by atoms with van der Waals surface area (Å²) in [6.07, 6.45) is 5.19. The minimum atomic E-state index is -0.251. The van der Waals surface area contributed by atoms with Crippen LogP contribution in [0.5, 0.6) is 11.5 Å². The molecule has 1 aliphatic rings. The minimum absolute atomic E-state index is 0.251. The second-order valence-corrected chi connectivity index (χ2v) is 9.90. The normalized spacial score (nSPS) is 14.6. The number of halogens is 1. The number of hydrogen-bond acceptors (Lipinski definition) is 5. The van der Waals surface area contributed by atoms with Gasteiger partial charge in [-0.15, -0.1) is 0 Å². The first-order valence-corrected chi connectivity index (χ1v) is 12.9. The average Bonchev–Trinajstić information content (AvgIpc) is 2.90. The summed E-state index contributed by atoms with van der Waals surface area (Å²) >= 11 is 3.46. The van der Waals surface area contributed by atoms with Crippen molar-refractivity contribution in [3.63, 3.8) is 0 Å². The van der Waals surface area contributed by atoms with Gasteiger partial charge >= 0.3 is 0 Å². The first-order valence-electron chi connectivity index (χ1n) is 12.2. The minimum Gasteiger partial charge on any atom is -0.493 e. The van der Waals surface area contributed by atoms with Crippen LogP contribution in [0.1, 0.15) is 39.9 Å². The molecule has 36 heavy (non-hydrogen) atoms. The third kappa shape index (κ3) is 6.95. The second-order valence-electron chi connectivity index (χ2n) is 9.04. The zero-order chi connectivity index (χ0) is 25.3. The van der Waals surface area contributed by atoms with Crippen molar-refractivity contribution in [3.05, 3.63) is 93.5 Å². The van der Waals surface area contributed by atoms with E-state index in [9.17, 15) is 4.79 Å². The van der Waals surface area contributed by atoms with E-state index in [1.807, 2.05) is 30.3 Å². The molecule has 1 heterocycles. The van der Waals surface area contributed by atoms with E-state index in [0.29, 0.717) is 17.1 Å². The summed E-state index contributed by atoms with van der Waals surface area (Å²) in [5.41, 5.74) is 6.58. The van der Waals surface area contributed by atoms with Gasteiger partial charge in [0.15, 0.2) is 11.5 Å². The molecule has 0 aliphatic carbocycles. The van der Waals surface area contributed by atoms with Crippen LogP contribution in [0, 0.1) is 5.92 Å². The molecule has 0 saturated carbocycles. The number of benzene rings is 3. The fraction of sp³-hybridized carbons (Fsp3) is 0.310. The van der Waals surface area contributed by atoms with E-state index >= 15 is 0 Å². The fourth-order valence-electron chi connectivity index (χ4n) is 4.56. The molecule has 0 aromatic heterocycles. The van der Waals surface area contributed by atoms with Crippen molar-refractivity contribution >= 4 is 28.1 Å². The first-order chi connectivity index (χ1) is 17.6. The number of carbonyl (C=O) groups is 1. The third-order valence-electron chi connectivity index (χ3n) is 6.53. The summed E-state index contributed by atoms with van der Waals surface area (Å²) in [7, 11) is 3.15. The molecule has 0 bridgehead atoms. The van der Waals surface area contributed by atoms with Gasteiger partial charge < -0.3 is 9.47 Å². The highest BCUT2D eigenvalue weighted by Gasteiger charge is 2.19. The Morgan fingerprint density at radius 2 is 1.75 bits per heavy atom. The van der Waals surface area contributed by atoms with Gasteiger partial charge in [-0.25, -0.2) is 5.43 Å². The molecule has 0 spiro atoms. The average molecular weight is 550 g/mol. The van der Waals surface area contributed by atoms with Gasteiger partial charge in [-0.05, 0) is 95.2 Å². The van der Waals surface area contributed by atoms with Crippen LogP contribution in [0.15, 0.2) is 76.3 Å². The Kier molecular flexibility index (Phi) is 9.14. The van der Waals surface area contributed by atoms with Crippen LogP contribution in [0.2, 0.25) is 0 Å². The lowest BCUT2D eigenvalue weighted by Crippen LogP contribution is -2.33. The topological polar surface area (TPSA) is 63.2 Å². The lowest BCUT2D eigenvalue weighted by molar-refractivity contribution is 0.0955. The molecule has 1 N–H and O–H groups in total. The molecule has 0 radical (unpaired) electrons. The van der Waals surface area contributed by atoms with Crippen LogP contribution < -0.4 is 14.9 Å². The molecule has 1 amide bonds.